The summed E-state index contributed by atoms with van der Waals surface area (Å²) in [7, 11) is 0. The van der Waals surface area contributed by atoms with Crippen LogP contribution in [0.2, 0.25) is 0 Å². The van der Waals surface area contributed by atoms with Gasteiger partial charge in [-0.1, -0.05) is 18.3 Å². The Kier molecular flexibility index (Phi) is 3.58. The van der Waals surface area contributed by atoms with Crippen molar-refractivity contribution in [1.82, 2.24) is 0 Å². The quantitative estimate of drug-likeness (QED) is 0.781. The van der Waals surface area contributed by atoms with Crippen LogP contribution in [0.5, 0.6) is 5.75 Å². The highest BCUT2D eigenvalue weighted by atomic mass is 32.1. The van der Waals surface area contributed by atoms with Crippen LogP contribution >= 0.6 is 12.2 Å². The highest BCUT2D eigenvalue weighted by Crippen LogP contribution is 2.30. The number of ether oxygens (including phenoxy) is 1. The van der Waals surface area contributed by atoms with Gasteiger partial charge in [0.1, 0.15) is 17.3 Å². The van der Waals surface area contributed by atoms with E-state index < -0.39 is 0 Å². The fraction of sp³-hybridized carbons (Fsp3) is 0.333. The van der Waals surface area contributed by atoms with Gasteiger partial charge in [0, 0.05) is 17.7 Å². The SMILES string of the molecule is NC(=S)COc1cccc(NC(=O)C2CC2)c1. The van der Waals surface area contributed by atoms with Gasteiger partial charge in [-0.2, -0.15) is 0 Å². The number of carbonyl (C=O) groups excluding carboxylic acids is 1. The molecule has 3 N–H and O–H groups in total. The van der Waals surface area contributed by atoms with Gasteiger partial charge >= 0.3 is 0 Å². The molecule has 0 saturated heterocycles. The van der Waals surface area contributed by atoms with Crippen molar-refractivity contribution >= 4 is 28.8 Å². The molecule has 90 valence electrons. The zero-order chi connectivity index (χ0) is 12.3. The lowest BCUT2D eigenvalue weighted by atomic mass is 10.3. The molecule has 0 atom stereocenters. The molecule has 4 nitrogen and oxygen atoms in total. The lowest BCUT2D eigenvalue weighted by Gasteiger charge is -2.08. The van der Waals surface area contributed by atoms with E-state index in [2.05, 4.69) is 5.32 Å². The van der Waals surface area contributed by atoms with Gasteiger partial charge in [-0.05, 0) is 25.0 Å². The lowest BCUT2D eigenvalue weighted by molar-refractivity contribution is -0.117. The number of rotatable bonds is 5. The molecule has 1 fully saturated rings. The fourth-order valence-corrected chi connectivity index (χ4v) is 1.47. The summed E-state index contributed by atoms with van der Waals surface area (Å²) in [5, 5.41) is 2.85. The van der Waals surface area contributed by atoms with Gasteiger partial charge in [0.25, 0.3) is 0 Å². The average molecular weight is 250 g/mol. The summed E-state index contributed by atoms with van der Waals surface area (Å²) < 4.78 is 5.35. The van der Waals surface area contributed by atoms with Gasteiger partial charge in [0.15, 0.2) is 0 Å². The van der Waals surface area contributed by atoms with E-state index in [1.54, 1.807) is 12.1 Å². The largest absolute Gasteiger partial charge is 0.486 e. The molecule has 2 rings (SSSR count). The Morgan fingerprint density at radius 3 is 2.94 bits per heavy atom. The van der Waals surface area contributed by atoms with Crippen LogP contribution in [0, 0.1) is 5.92 Å². The Hall–Kier alpha value is -1.62. The molecule has 1 aliphatic rings. The first-order valence-electron chi connectivity index (χ1n) is 5.47. The molecule has 0 aliphatic heterocycles. The number of nitrogens with one attached hydrogen (secondary N) is 1. The molecule has 17 heavy (non-hydrogen) atoms. The predicted molar refractivity (Wildman–Crippen MR) is 70.1 cm³/mol. The Morgan fingerprint density at radius 2 is 2.29 bits per heavy atom. The number of anilines is 1. The molecule has 1 aliphatic carbocycles. The summed E-state index contributed by atoms with van der Waals surface area (Å²) in [6.45, 7) is 0.204. The van der Waals surface area contributed by atoms with Crippen molar-refractivity contribution in [3.63, 3.8) is 0 Å². The normalized spacial score (nSPS) is 14.1. The molecule has 1 amide bonds. The minimum atomic E-state index is 0.0801. The maximum Gasteiger partial charge on any atom is 0.227 e. The van der Waals surface area contributed by atoms with Gasteiger partial charge in [-0.3, -0.25) is 4.79 Å². The van der Waals surface area contributed by atoms with Crippen LogP contribution in [-0.2, 0) is 4.79 Å². The molecule has 0 aromatic heterocycles. The highest BCUT2D eigenvalue weighted by Gasteiger charge is 2.29. The van der Waals surface area contributed by atoms with Crippen molar-refractivity contribution in [2.75, 3.05) is 11.9 Å². The first kappa shape index (κ1) is 11.9. The average Bonchev–Trinajstić information content (AvgIpc) is 3.10. The monoisotopic (exact) mass is 250 g/mol. The molecular formula is C12H14N2O2S. The molecule has 0 unspecified atom stereocenters. The minimum Gasteiger partial charge on any atom is -0.486 e. The van der Waals surface area contributed by atoms with Crippen LogP contribution in [0.1, 0.15) is 12.8 Å². The third-order valence-electron chi connectivity index (χ3n) is 2.43. The Labute approximate surface area is 105 Å². The molecule has 1 aromatic carbocycles. The standard InChI is InChI=1S/C12H14N2O2S/c13-11(17)7-16-10-3-1-2-9(6-10)14-12(15)8-4-5-8/h1-3,6,8H,4-5,7H2,(H2,13,17)(H,14,15). The van der Waals surface area contributed by atoms with Crippen LogP contribution in [-0.4, -0.2) is 17.5 Å². The Balaban J connectivity index is 1.95. The number of amides is 1. The number of carbonyl (C=O) groups is 1. The minimum absolute atomic E-state index is 0.0801. The maximum atomic E-state index is 11.6. The van der Waals surface area contributed by atoms with Gasteiger partial charge in [0.05, 0.1) is 0 Å². The molecular weight excluding hydrogens is 236 g/mol. The molecule has 1 saturated carbocycles. The summed E-state index contributed by atoms with van der Waals surface area (Å²) in [4.78, 5) is 11.9. The number of benzene rings is 1. The van der Waals surface area contributed by atoms with E-state index in [0.29, 0.717) is 10.7 Å². The smallest absolute Gasteiger partial charge is 0.227 e. The van der Waals surface area contributed by atoms with Crippen molar-refractivity contribution in [2.24, 2.45) is 11.7 Å². The van der Waals surface area contributed by atoms with Gasteiger partial charge in [0.2, 0.25) is 5.91 Å². The number of thiocarbonyl (C=S) groups is 1. The van der Waals surface area contributed by atoms with Gasteiger partial charge in [-0.25, -0.2) is 0 Å². The lowest BCUT2D eigenvalue weighted by Crippen LogP contribution is -2.18. The zero-order valence-corrected chi connectivity index (χ0v) is 10.1. The second kappa shape index (κ2) is 5.14. The van der Waals surface area contributed by atoms with Crippen molar-refractivity contribution in [1.29, 1.82) is 0 Å². The third kappa shape index (κ3) is 3.71. The van der Waals surface area contributed by atoms with E-state index in [4.69, 9.17) is 22.7 Å². The van der Waals surface area contributed by atoms with Crippen LogP contribution in [0.3, 0.4) is 0 Å². The molecule has 0 heterocycles. The first-order valence-corrected chi connectivity index (χ1v) is 5.88. The van der Waals surface area contributed by atoms with E-state index in [9.17, 15) is 4.79 Å². The summed E-state index contributed by atoms with van der Waals surface area (Å²) in [6.07, 6.45) is 1.98. The van der Waals surface area contributed by atoms with Gasteiger partial charge in [-0.15, -0.1) is 0 Å². The number of hydrogen-bond acceptors (Lipinski definition) is 3. The van der Waals surface area contributed by atoms with E-state index in [1.165, 1.54) is 0 Å². The molecule has 0 bridgehead atoms. The van der Waals surface area contributed by atoms with Crippen LogP contribution < -0.4 is 15.8 Å². The van der Waals surface area contributed by atoms with Gasteiger partial charge < -0.3 is 15.8 Å². The van der Waals surface area contributed by atoms with Crippen molar-refractivity contribution in [3.8, 4) is 5.75 Å². The molecule has 5 heteroatoms. The molecule has 1 aromatic rings. The topological polar surface area (TPSA) is 64.3 Å². The second-order valence-corrected chi connectivity index (χ2v) is 4.57. The Bertz CT molecular complexity index is 444. The van der Waals surface area contributed by atoms with Crippen LogP contribution in [0.4, 0.5) is 5.69 Å². The van der Waals surface area contributed by atoms with Crippen molar-refractivity contribution < 1.29 is 9.53 Å². The maximum absolute atomic E-state index is 11.6. The number of nitrogens with two attached hydrogens (primary N) is 1. The molecule has 0 spiro atoms. The predicted octanol–water partition coefficient (Wildman–Crippen LogP) is 1.70. The first-order chi connectivity index (χ1) is 8.15. The van der Waals surface area contributed by atoms with Crippen LogP contribution in [0.15, 0.2) is 24.3 Å². The second-order valence-electron chi connectivity index (χ2n) is 4.05. The Morgan fingerprint density at radius 1 is 1.53 bits per heavy atom. The van der Waals surface area contributed by atoms with E-state index in [-0.39, 0.29) is 18.4 Å². The molecule has 0 radical (unpaired) electrons. The fourth-order valence-electron chi connectivity index (χ4n) is 1.41. The zero-order valence-electron chi connectivity index (χ0n) is 9.31. The van der Waals surface area contributed by atoms with E-state index in [0.717, 1.165) is 18.5 Å². The summed E-state index contributed by atoms with van der Waals surface area (Å²) in [6, 6.07) is 7.20. The van der Waals surface area contributed by atoms with Crippen molar-refractivity contribution in [2.45, 2.75) is 12.8 Å². The van der Waals surface area contributed by atoms with Crippen LogP contribution in [0.25, 0.3) is 0 Å². The summed E-state index contributed by atoms with van der Waals surface area (Å²) in [5.74, 6) is 0.916. The van der Waals surface area contributed by atoms with E-state index >= 15 is 0 Å². The van der Waals surface area contributed by atoms with E-state index in [1.807, 2.05) is 12.1 Å². The number of hydrogen-bond donors (Lipinski definition) is 2. The highest BCUT2D eigenvalue weighted by molar-refractivity contribution is 7.80. The van der Waals surface area contributed by atoms with Crippen molar-refractivity contribution in [3.05, 3.63) is 24.3 Å². The summed E-state index contributed by atoms with van der Waals surface area (Å²) in [5.41, 5.74) is 6.08. The summed E-state index contributed by atoms with van der Waals surface area (Å²) >= 11 is 4.72. The third-order valence-corrected chi connectivity index (χ3v) is 2.55.